The molecule has 0 aliphatic carbocycles. The molecule has 5 nitrogen and oxygen atoms in total. The number of thiophene rings is 1. The molecule has 3 rings (SSSR count). The molecule has 0 saturated carbocycles. The average Bonchev–Trinajstić information content (AvgIpc) is 3.19. The van der Waals surface area contributed by atoms with E-state index < -0.39 is 0 Å². The van der Waals surface area contributed by atoms with Crippen LogP contribution in [-0.2, 0) is 6.54 Å². The monoisotopic (exact) mass is 305 g/mol. The van der Waals surface area contributed by atoms with E-state index in [0.29, 0.717) is 6.54 Å². The molecule has 0 aliphatic heterocycles. The first kappa shape index (κ1) is 13.4. The Hall–Kier alpha value is -1.57. The molecule has 0 amide bonds. The Morgan fingerprint density at radius 3 is 3.05 bits per heavy atom. The molecule has 0 aliphatic rings. The molecule has 3 aromatic heterocycles. The first-order valence-electron chi connectivity index (χ1n) is 6.39. The summed E-state index contributed by atoms with van der Waals surface area (Å²) in [6, 6.07) is 2.04. The fraction of sp³-hybridized carbons (Fsp3) is 0.308. The molecule has 1 atom stereocenters. The second-order valence-electron chi connectivity index (χ2n) is 4.51. The lowest BCUT2D eigenvalue weighted by molar-refractivity contribution is 0.637. The van der Waals surface area contributed by atoms with Crippen LogP contribution in [0.1, 0.15) is 30.8 Å². The highest BCUT2D eigenvalue weighted by molar-refractivity contribution is 7.14. The van der Waals surface area contributed by atoms with Crippen LogP contribution in [0.2, 0.25) is 0 Å². The Bertz CT molecular complexity index is 671. The number of rotatable bonds is 5. The van der Waals surface area contributed by atoms with Crippen LogP contribution in [0.15, 0.2) is 28.4 Å². The van der Waals surface area contributed by atoms with E-state index in [9.17, 15) is 0 Å². The van der Waals surface area contributed by atoms with Gasteiger partial charge in [-0.1, -0.05) is 12.1 Å². The molecule has 7 heteroatoms. The predicted octanol–water partition coefficient (Wildman–Crippen LogP) is 2.92. The molecule has 2 N–H and O–H groups in total. The summed E-state index contributed by atoms with van der Waals surface area (Å²) >= 11 is 3.34. The molecule has 3 heterocycles. The predicted molar refractivity (Wildman–Crippen MR) is 81.8 cm³/mol. The van der Waals surface area contributed by atoms with Crippen molar-refractivity contribution < 1.29 is 0 Å². The lowest BCUT2D eigenvalue weighted by atomic mass is 10.2. The van der Waals surface area contributed by atoms with Crippen molar-refractivity contribution in [3.63, 3.8) is 0 Å². The quantitative estimate of drug-likeness (QED) is 0.787. The van der Waals surface area contributed by atoms with Gasteiger partial charge in [0.2, 0.25) is 0 Å². The Morgan fingerprint density at radius 2 is 2.30 bits per heavy atom. The van der Waals surface area contributed by atoms with E-state index in [1.807, 2.05) is 13.1 Å². The number of hydrogen-bond donors (Lipinski definition) is 1. The van der Waals surface area contributed by atoms with Crippen molar-refractivity contribution in [2.24, 2.45) is 5.73 Å². The van der Waals surface area contributed by atoms with Gasteiger partial charge in [-0.15, -0.1) is 16.4 Å². The molecule has 0 aromatic carbocycles. The summed E-state index contributed by atoms with van der Waals surface area (Å²) in [5.74, 6) is 0. The summed E-state index contributed by atoms with van der Waals surface area (Å²) in [7, 11) is 0. The average molecular weight is 305 g/mol. The first-order valence-corrected chi connectivity index (χ1v) is 8.21. The highest BCUT2D eigenvalue weighted by Crippen LogP contribution is 2.25. The van der Waals surface area contributed by atoms with Crippen molar-refractivity contribution in [1.29, 1.82) is 0 Å². The normalized spacial score (nSPS) is 12.7. The van der Waals surface area contributed by atoms with Crippen LogP contribution >= 0.6 is 22.7 Å². The van der Waals surface area contributed by atoms with Crippen LogP contribution in [0.5, 0.6) is 0 Å². The number of aromatic nitrogens is 4. The summed E-state index contributed by atoms with van der Waals surface area (Å²) < 4.78 is 1.79. The molecule has 0 fully saturated rings. The largest absolute Gasteiger partial charge is 0.323 e. The summed E-state index contributed by atoms with van der Waals surface area (Å²) in [6.45, 7) is 2.67. The molecule has 0 spiro atoms. The van der Waals surface area contributed by atoms with Gasteiger partial charge < -0.3 is 5.73 Å². The number of nitrogens with zero attached hydrogens (tertiary/aromatic N) is 4. The fourth-order valence-corrected chi connectivity index (χ4v) is 3.36. The summed E-state index contributed by atoms with van der Waals surface area (Å²) in [6.07, 6.45) is 2.76. The van der Waals surface area contributed by atoms with Gasteiger partial charge in [0.25, 0.3) is 0 Å². The zero-order valence-corrected chi connectivity index (χ0v) is 12.7. The van der Waals surface area contributed by atoms with Crippen LogP contribution < -0.4 is 5.73 Å². The number of thiazole rings is 1. The Balaban J connectivity index is 1.73. The molecule has 1 unspecified atom stereocenters. The van der Waals surface area contributed by atoms with Gasteiger partial charge in [0.15, 0.2) is 0 Å². The maximum Gasteiger partial charge on any atom is 0.124 e. The number of nitrogens with two attached hydrogens (primary N) is 1. The van der Waals surface area contributed by atoms with Gasteiger partial charge in [-0.25, -0.2) is 9.67 Å². The van der Waals surface area contributed by atoms with Gasteiger partial charge in [-0.3, -0.25) is 0 Å². The lowest BCUT2D eigenvalue weighted by Gasteiger charge is -2.01. The maximum atomic E-state index is 5.94. The van der Waals surface area contributed by atoms with Crippen molar-refractivity contribution in [1.82, 2.24) is 20.0 Å². The van der Waals surface area contributed by atoms with Crippen LogP contribution in [0.3, 0.4) is 0 Å². The van der Waals surface area contributed by atoms with Crippen molar-refractivity contribution >= 4 is 22.7 Å². The second-order valence-corrected chi connectivity index (χ2v) is 6.15. The Labute approximate surface area is 125 Å². The smallest absolute Gasteiger partial charge is 0.124 e. The van der Waals surface area contributed by atoms with E-state index in [2.05, 4.69) is 37.5 Å². The SMILES string of the molecule is CCC(N)c1cn(Cc2csc(-c3ccsc3)n2)nn1. The molecule has 0 saturated heterocycles. The van der Waals surface area contributed by atoms with Crippen molar-refractivity contribution in [2.75, 3.05) is 0 Å². The molecule has 0 radical (unpaired) electrons. The highest BCUT2D eigenvalue weighted by Gasteiger charge is 2.10. The van der Waals surface area contributed by atoms with E-state index in [-0.39, 0.29) is 6.04 Å². The van der Waals surface area contributed by atoms with Crippen molar-refractivity contribution in [3.8, 4) is 10.6 Å². The zero-order chi connectivity index (χ0) is 13.9. The summed E-state index contributed by atoms with van der Waals surface area (Å²) in [5.41, 5.74) is 8.95. The van der Waals surface area contributed by atoms with Crippen molar-refractivity contribution in [2.45, 2.75) is 25.9 Å². The lowest BCUT2D eigenvalue weighted by Crippen LogP contribution is -2.08. The topological polar surface area (TPSA) is 69.6 Å². The van der Waals surface area contributed by atoms with E-state index in [4.69, 9.17) is 5.73 Å². The Kier molecular flexibility index (Phi) is 3.90. The van der Waals surface area contributed by atoms with Gasteiger partial charge in [-0.05, 0) is 17.9 Å². The van der Waals surface area contributed by atoms with Crippen LogP contribution in [-0.4, -0.2) is 20.0 Å². The maximum absolute atomic E-state index is 5.94. The standard InChI is InChI=1S/C13H15N5S2/c1-2-11(14)12-6-18(17-16-12)5-10-8-20-13(15-10)9-3-4-19-7-9/h3-4,6-8,11H,2,5,14H2,1H3. The summed E-state index contributed by atoms with van der Waals surface area (Å²) in [5, 5.41) is 15.5. The molecule has 3 aromatic rings. The third kappa shape index (κ3) is 2.79. The zero-order valence-electron chi connectivity index (χ0n) is 11.1. The van der Waals surface area contributed by atoms with Crippen LogP contribution in [0.4, 0.5) is 0 Å². The van der Waals surface area contributed by atoms with Crippen molar-refractivity contribution in [3.05, 3.63) is 39.8 Å². The summed E-state index contributed by atoms with van der Waals surface area (Å²) in [4.78, 5) is 4.63. The van der Waals surface area contributed by atoms with E-state index in [1.54, 1.807) is 27.4 Å². The van der Waals surface area contributed by atoms with Gasteiger partial charge >= 0.3 is 0 Å². The minimum Gasteiger partial charge on any atom is -0.323 e. The van der Waals surface area contributed by atoms with E-state index in [0.717, 1.165) is 22.8 Å². The molecular weight excluding hydrogens is 290 g/mol. The fourth-order valence-electron chi connectivity index (χ4n) is 1.83. The minimum absolute atomic E-state index is 0.0412. The second kappa shape index (κ2) is 5.82. The van der Waals surface area contributed by atoms with Gasteiger partial charge in [0.1, 0.15) is 5.01 Å². The van der Waals surface area contributed by atoms with Gasteiger partial charge in [0, 0.05) is 16.3 Å². The Morgan fingerprint density at radius 1 is 1.40 bits per heavy atom. The van der Waals surface area contributed by atoms with E-state index in [1.165, 1.54) is 5.56 Å². The molecule has 0 bridgehead atoms. The molecule has 20 heavy (non-hydrogen) atoms. The molecule has 104 valence electrons. The third-order valence-electron chi connectivity index (χ3n) is 3.02. The minimum atomic E-state index is -0.0412. The highest BCUT2D eigenvalue weighted by atomic mass is 32.1. The van der Waals surface area contributed by atoms with Crippen LogP contribution in [0.25, 0.3) is 10.6 Å². The van der Waals surface area contributed by atoms with E-state index >= 15 is 0 Å². The number of hydrogen-bond acceptors (Lipinski definition) is 6. The molecular formula is C13H15N5S2. The first-order chi connectivity index (χ1) is 9.76. The van der Waals surface area contributed by atoms with Gasteiger partial charge in [-0.2, -0.15) is 11.3 Å². The third-order valence-corrected chi connectivity index (χ3v) is 4.64. The van der Waals surface area contributed by atoms with Crippen LogP contribution in [0, 0.1) is 0 Å². The van der Waals surface area contributed by atoms with Gasteiger partial charge in [0.05, 0.1) is 30.2 Å².